The number of hydrogen-bond acceptors (Lipinski definition) is 1. The van der Waals surface area contributed by atoms with Crippen molar-refractivity contribution in [3.05, 3.63) is 72.4 Å². The normalized spacial score (nSPS) is 17.5. The highest BCUT2D eigenvalue weighted by Gasteiger charge is 2.23. The number of carbonyl (C=O) groups excluding carboxylic acids is 1. The van der Waals surface area contributed by atoms with Gasteiger partial charge in [-0.2, -0.15) is 0 Å². The lowest BCUT2D eigenvalue weighted by Gasteiger charge is -2.14. The molecule has 114 valence electrons. The van der Waals surface area contributed by atoms with Crippen molar-refractivity contribution in [1.82, 2.24) is 4.98 Å². The zero-order valence-corrected chi connectivity index (χ0v) is 13.0. The molecule has 0 saturated carbocycles. The molecule has 1 N–H and O–H groups in total. The molecule has 0 amide bonds. The van der Waals surface area contributed by atoms with Crippen LogP contribution in [0.4, 0.5) is 0 Å². The van der Waals surface area contributed by atoms with Crippen molar-refractivity contribution in [3.8, 4) is 11.3 Å². The average Bonchev–Trinajstić information content (AvgIpc) is 3.02. The second-order valence-electron chi connectivity index (χ2n) is 6.12. The fraction of sp³-hybridized carbons (Fsp3) is 0.190. The number of benzene rings is 2. The third-order valence-corrected chi connectivity index (χ3v) is 4.62. The summed E-state index contributed by atoms with van der Waals surface area (Å²) in [7, 11) is 0. The van der Waals surface area contributed by atoms with Crippen LogP contribution in [0.3, 0.4) is 0 Å². The maximum atomic E-state index is 13.0. The number of rotatable bonds is 3. The van der Waals surface area contributed by atoms with Crippen molar-refractivity contribution in [2.45, 2.75) is 19.3 Å². The van der Waals surface area contributed by atoms with Crippen LogP contribution >= 0.6 is 0 Å². The largest absolute Gasteiger partial charge is 0.351 e. The van der Waals surface area contributed by atoms with E-state index in [0.717, 1.165) is 47.0 Å². The molecule has 2 heteroatoms. The van der Waals surface area contributed by atoms with Crippen LogP contribution < -0.4 is 0 Å². The van der Waals surface area contributed by atoms with Gasteiger partial charge in [0.2, 0.25) is 0 Å². The van der Waals surface area contributed by atoms with E-state index in [1.165, 1.54) is 0 Å². The van der Waals surface area contributed by atoms with Gasteiger partial charge >= 0.3 is 0 Å². The molecule has 1 aromatic heterocycles. The summed E-state index contributed by atoms with van der Waals surface area (Å²) in [5.74, 6) is 0.216. The first-order valence-electron chi connectivity index (χ1n) is 8.21. The third-order valence-electron chi connectivity index (χ3n) is 4.62. The zero-order valence-electron chi connectivity index (χ0n) is 13.0. The van der Waals surface area contributed by atoms with Crippen LogP contribution in [-0.4, -0.2) is 10.8 Å². The Kier molecular flexibility index (Phi) is 3.58. The number of aromatic nitrogens is 1. The number of aromatic amines is 1. The highest BCUT2D eigenvalue weighted by molar-refractivity contribution is 6.12. The number of carbonyl (C=O) groups is 1. The van der Waals surface area contributed by atoms with E-state index in [-0.39, 0.29) is 11.7 Å². The number of H-pyrrole nitrogens is 1. The van der Waals surface area contributed by atoms with E-state index in [1.807, 2.05) is 36.4 Å². The monoisotopic (exact) mass is 301 g/mol. The molecule has 3 aromatic rings. The SMILES string of the molecule is O=C(c1[nH]c(-c2ccccc2)c2ccccc12)C1C=CCCC1. The molecule has 2 nitrogen and oxygen atoms in total. The second kappa shape index (κ2) is 5.88. The lowest BCUT2D eigenvalue weighted by Crippen LogP contribution is -2.15. The third kappa shape index (κ3) is 2.50. The van der Waals surface area contributed by atoms with Crippen LogP contribution in [-0.2, 0) is 0 Å². The highest BCUT2D eigenvalue weighted by Crippen LogP contribution is 2.33. The van der Waals surface area contributed by atoms with Crippen molar-refractivity contribution in [2.24, 2.45) is 5.92 Å². The molecular weight excluding hydrogens is 282 g/mol. The van der Waals surface area contributed by atoms with Crippen LogP contribution in [0.15, 0.2) is 66.7 Å². The molecule has 1 heterocycles. The standard InChI is InChI=1S/C21H19NO/c23-21(16-11-5-2-6-12-16)20-18-14-8-7-13-17(18)19(22-20)15-9-3-1-4-10-15/h1,3-5,7-11,13-14,16,22H,2,6,12H2. The number of fused-ring (bicyclic) bond motifs is 1. The van der Waals surface area contributed by atoms with Gasteiger partial charge in [-0.05, 0) is 24.8 Å². The van der Waals surface area contributed by atoms with E-state index >= 15 is 0 Å². The highest BCUT2D eigenvalue weighted by atomic mass is 16.1. The van der Waals surface area contributed by atoms with Gasteiger partial charge in [-0.25, -0.2) is 0 Å². The van der Waals surface area contributed by atoms with Gasteiger partial charge in [0.05, 0.1) is 11.4 Å². The quantitative estimate of drug-likeness (QED) is 0.511. The first-order chi connectivity index (χ1) is 11.3. The molecule has 2 aromatic carbocycles. The Bertz CT molecular complexity index is 873. The van der Waals surface area contributed by atoms with Crippen LogP contribution in [0.2, 0.25) is 0 Å². The Balaban J connectivity index is 1.86. The summed E-state index contributed by atoms with van der Waals surface area (Å²) in [6.07, 6.45) is 7.34. The van der Waals surface area contributed by atoms with E-state index < -0.39 is 0 Å². The maximum Gasteiger partial charge on any atom is 0.186 e. The summed E-state index contributed by atoms with van der Waals surface area (Å²) in [5, 5.41) is 2.14. The van der Waals surface area contributed by atoms with Gasteiger partial charge in [-0.15, -0.1) is 0 Å². The van der Waals surface area contributed by atoms with Crippen molar-refractivity contribution in [1.29, 1.82) is 0 Å². The van der Waals surface area contributed by atoms with Gasteiger partial charge < -0.3 is 4.98 Å². The van der Waals surface area contributed by atoms with E-state index in [1.54, 1.807) is 0 Å². The van der Waals surface area contributed by atoms with Gasteiger partial charge in [0.1, 0.15) is 0 Å². The van der Waals surface area contributed by atoms with Crippen LogP contribution in [0.1, 0.15) is 29.8 Å². The molecule has 0 spiro atoms. The van der Waals surface area contributed by atoms with Gasteiger partial charge in [-0.3, -0.25) is 4.79 Å². The first kappa shape index (κ1) is 14.0. The molecule has 1 atom stereocenters. The predicted molar refractivity (Wildman–Crippen MR) is 94.5 cm³/mol. The zero-order chi connectivity index (χ0) is 15.6. The molecule has 0 aliphatic heterocycles. The molecule has 23 heavy (non-hydrogen) atoms. The van der Waals surface area contributed by atoms with Gasteiger partial charge in [0.15, 0.2) is 5.78 Å². The Morgan fingerprint density at radius 2 is 1.70 bits per heavy atom. The first-order valence-corrected chi connectivity index (χ1v) is 8.21. The topological polar surface area (TPSA) is 32.9 Å². The van der Waals surface area contributed by atoms with Gasteiger partial charge in [0, 0.05) is 16.7 Å². The molecule has 0 radical (unpaired) electrons. The summed E-state index contributed by atoms with van der Waals surface area (Å²) in [5.41, 5.74) is 2.89. The van der Waals surface area contributed by atoms with Crippen LogP contribution in [0.5, 0.6) is 0 Å². The lowest BCUT2D eigenvalue weighted by atomic mass is 9.90. The maximum absolute atomic E-state index is 13.0. The molecular formula is C21H19NO. The summed E-state index contributed by atoms with van der Waals surface area (Å²) < 4.78 is 0. The molecule has 1 unspecified atom stereocenters. The van der Waals surface area contributed by atoms with E-state index in [4.69, 9.17) is 0 Å². The summed E-state index contributed by atoms with van der Waals surface area (Å²) >= 11 is 0. The summed E-state index contributed by atoms with van der Waals surface area (Å²) in [6.45, 7) is 0. The number of allylic oxidation sites excluding steroid dienone is 2. The van der Waals surface area contributed by atoms with E-state index in [2.05, 4.69) is 35.3 Å². The van der Waals surface area contributed by atoms with Crippen LogP contribution in [0.25, 0.3) is 22.0 Å². The number of hydrogen-bond donors (Lipinski definition) is 1. The fourth-order valence-electron chi connectivity index (χ4n) is 3.42. The minimum Gasteiger partial charge on any atom is -0.351 e. The Morgan fingerprint density at radius 1 is 0.957 bits per heavy atom. The molecule has 4 rings (SSSR count). The predicted octanol–water partition coefficient (Wildman–Crippen LogP) is 5.37. The van der Waals surface area contributed by atoms with Gasteiger partial charge in [0.25, 0.3) is 0 Å². The second-order valence-corrected chi connectivity index (χ2v) is 6.12. The molecule has 1 aliphatic carbocycles. The van der Waals surface area contributed by atoms with Crippen molar-refractivity contribution in [2.75, 3.05) is 0 Å². The van der Waals surface area contributed by atoms with Crippen molar-refractivity contribution >= 4 is 16.6 Å². The molecule has 0 bridgehead atoms. The van der Waals surface area contributed by atoms with Crippen LogP contribution in [0, 0.1) is 5.92 Å². The van der Waals surface area contributed by atoms with Crippen molar-refractivity contribution in [3.63, 3.8) is 0 Å². The minimum absolute atomic E-state index is 0.00873. The fourth-order valence-corrected chi connectivity index (χ4v) is 3.42. The Hall–Kier alpha value is -2.61. The smallest absolute Gasteiger partial charge is 0.186 e. The van der Waals surface area contributed by atoms with E-state index in [9.17, 15) is 4.79 Å². The van der Waals surface area contributed by atoms with E-state index in [0.29, 0.717) is 0 Å². The minimum atomic E-state index is 0.00873. The van der Waals surface area contributed by atoms with Gasteiger partial charge in [-0.1, -0.05) is 66.7 Å². The summed E-state index contributed by atoms with van der Waals surface area (Å²) in [6, 6.07) is 18.4. The average molecular weight is 301 g/mol. The molecule has 0 fully saturated rings. The summed E-state index contributed by atoms with van der Waals surface area (Å²) in [4.78, 5) is 16.4. The number of Topliss-reactive ketones (excluding diaryl/α,β-unsaturated/α-hetero) is 1. The van der Waals surface area contributed by atoms with Crippen molar-refractivity contribution < 1.29 is 4.79 Å². The molecule has 1 aliphatic rings. The Morgan fingerprint density at radius 3 is 2.43 bits per heavy atom. The molecule has 0 saturated heterocycles. The lowest BCUT2D eigenvalue weighted by molar-refractivity contribution is 0.0934. The number of ketones is 1. The number of nitrogens with one attached hydrogen (secondary N) is 1. The Labute approximate surface area is 135 Å².